The highest BCUT2D eigenvalue weighted by atomic mass is 19.3. The Hall–Kier alpha value is -4.03. The van der Waals surface area contributed by atoms with Gasteiger partial charge >= 0.3 is 12.5 Å². The molecule has 0 saturated carbocycles. The van der Waals surface area contributed by atoms with Gasteiger partial charge in [0.15, 0.2) is 5.65 Å². The summed E-state index contributed by atoms with van der Waals surface area (Å²) >= 11 is 0. The van der Waals surface area contributed by atoms with E-state index in [1.165, 1.54) is 11.0 Å². The van der Waals surface area contributed by atoms with Crippen molar-refractivity contribution in [2.45, 2.75) is 25.6 Å². The first-order chi connectivity index (χ1) is 16.8. The smallest absolute Gasteiger partial charge is 0.414 e. The minimum Gasteiger partial charge on any atom is -0.442 e. The molecule has 1 fully saturated rings. The monoisotopic (exact) mass is 490 g/mol. The molecule has 2 aromatic heterocycles. The number of nitrogens with zero attached hydrogens (tertiary/aromatic N) is 5. The number of fused-ring (bicyclic) bond motifs is 3. The van der Waals surface area contributed by atoms with Gasteiger partial charge in [-0.15, -0.1) is 0 Å². The van der Waals surface area contributed by atoms with E-state index < -0.39 is 30.3 Å². The zero-order valence-corrected chi connectivity index (χ0v) is 18.4. The molecule has 2 aliphatic rings. The Kier molecular flexibility index (Phi) is 5.83. The van der Waals surface area contributed by atoms with Gasteiger partial charge in [-0.3, -0.25) is 19.2 Å². The third-order valence-corrected chi connectivity index (χ3v) is 6.11. The number of pyridine rings is 1. The molecule has 4 heterocycles. The van der Waals surface area contributed by atoms with Gasteiger partial charge in [0, 0.05) is 19.3 Å². The standard InChI is InChI=1S/C22H21F3N6O4/c23-16-10-13(29-12-14(35-22(29)34)11-27-20(32)18(24)25)3-4-17(16)28-6-8-30-19-15(2-1-5-26-19)21(33)31(30)9-7-28/h1-5,10,14,18H,6-9,11-12H2,(H,27,32). The quantitative estimate of drug-likeness (QED) is 0.583. The predicted octanol–water partition coefficient (Wildman–Crippen LogP) is 1.56. The normalized spacial score (nSPS) is 18.1. The summed E-state index contributed by atoms with van der Waals surface area (Å²) < 4.78 is 48.3. The molecule has 5 rings (SSSR count). The lowest BCUT2D eigenvalue weighted by molar-refractivity contribution is -0.132. The second kappa shape index (κ2) is 8.96. The molecule has 0 radical (unpaired) electrons. The number of anilines is 2. The minimum absolute atomic E-state index is 0.0245. The van der Waals surface area contributed by atoms with Gasteiger partial charge in [-0.25, -0.2) is 18.9 Å². The van der Waals surface area contributed by atoms with Gasteiger partial charge in [-0.1, -0.05) is 0 Å². The van der Waals surface area contributed by atoms with Crippen molar-refractivity contribution < 1.29 is 27.5 Å². The maximum absolute atomic E-state index is 15.1. The summed E-state index contributed by atoms with van der Waals surface area (Å²) in [5, 5.41) is 2.54. The lowest BCUT2D eigenvalue weighted by Gasteiger charge is -2.23. The maximum atomic E-state index is 15.1. The fourth-order valence-corrected chi connectivity index (χ4v) is 4.42. The van der Waals surface area contributed by atoms with Gasteiger partial charge in [-0.05, 0) is 30.3 Å². The van der Waals surface area contributed by atoms with Crippen LogP contribution in [0.3, 0.4) is 0 Å². The summed E-state index contributed by atoms with van der Waals surface area (Å²) in [7, 11) is 0. The van der Waals surface area contributed by atoms with Crippen molar-refractivity contribution in [1.82, 2.24) is 19.7 Å². The third kappa shape index (κ3) is 4.17. The fourth-order valence-electron chi connectivity index (χ4n) is 4.42. The number of carbonyl (C=O) groups is 2. The molecule has 1 aromatic carbocycles. The number of aromatic nitrogens is 3. The Morgan fingerprint density at radius 1 is 1.14 bits per heavy atom. The lowest BCUT2D eigenvalue weighted by atomic mass is 10.2. The highest BCUT2D eigenvalue weighted by Crippen LogP contribution is 2.28. The number of halogens is 3. The van der Waals surface area contributed by atoms with Gasteiger partial charge in [0.2, 0.25) is 0 Å². The van der Waals surface area contributed by atoms with Crippen LogP contribution in [0, 0.1) is 5.82 Å². The molecule has 35 heavy (non-hydrogen) atoms. The Balaban J connectivity index is 1.29. The van der Waals surface area contributed by atoms with E-state index in [-0.39, 0.29) is 24.3 Å². The molecule has 1 N–H and O–H groups in total. The molecule has 10 nitrogen and oxygen atoms in total. The summed E-state index contributed by atoms with van der Waals surface area (Å²) in [6.07, 6.45) is -3.14. The molecule has 13 heteroatoms. The van der Waals surface area contributed by atoms with E-state index in [1.807, 2.05) is 10.2 Å². The average Bonchev–Trinajstić information content (AvgIpc) is 3.24. The van der Waals surface area contributed by atoms with Gasteiger partial charge in [0.05, 0.1) is 42.9 Å². The van der Waals surface area contributed by atoms with Crippen LogP contribution >= 0.6 is 0 Å². The largest absolute Gasteiger partial charge is 0.442 e. The lowest BCUT2D eigenvalue weighted by Crippen LogP contribution is -2.37. The summed E-state index contributed by atoms with van der Waals surface area (Å²) in [5.41, 5.74) is 1.00. The number of alkyl halides is 2. The third-order valence-electron chi connectivity index (χ3n) is 6.11. The Morgan fingerprint density at radius 3 is 2.66 bits per heavy atom. The molecule has 0 spiro atoms. The van der Waals surface area contributed by atoms with Gasteiger partial charge in [-0.2, -0.15) is 8.78 Å². The molecule has 3 aromatic rings. The number of hydrogen-bond donors (Lipinski definition) is 1. The van der Waals surface area contributed by atoms with E-state index in [9.17, 15) is 23.2 Å². The van der Waals surface area contributed by atoms with E-state index >= 15 is 4.39 Å². The van der Waals surface area contributed by atoms with Crippen LogP contribution in [0.2, 0.25) is 0 Å². The van der Waals surface area contributed by atoms with Crippen molar-refractivity contribution in [2.75, 3.05) is 36.0 Å². The molecule has 2 amide bonds. The van der Waals surface area contributed by atoms with Crippen molar-refractivity contribution in [3.63, 3.8) is 0 Å². The van der Waals surface area contributed by atoms with Gasteiger partial charge in [0.1, 0.15) is 11.9 Å². The van der Waals surface area contributed by atoms with Crippen LogP contribution in [0.4, 0.5) is 29.3 Å². The second-order valence-corrected chi connectivity index (χ2v) is 8.21. The first-order valence-corrected chi connectivity index (χ1v) is 11.0. The van der Waals surface area contributed by atoms with E-state index in [0.29, 0.717) is 42.9 Å². The Bertz CT molecular complexity index is 1360. The minimum atomic E-state index is -3.17. The van der Waals surface area contributed by atoms with Crippen LogP contribution in [-0.2, 0) is 22.6 Å². The molecular formula is C22H21F3N6O4. The Morgan fingerprint density at radius 2 is 1.91 bits per heavy atom. The zero-order valence-electron chi connectivity index (χ0n) is 18.4. The SMILES string of the molecule is O=C(NCC1CN(c2ccc(N3CCn4c(=O)c5cccnc5n4CC3)c(F)c2)C(=O)O1)C(F)F. The van der Waals surface area contributed by atoms with E-state index in [1.54, 1.807) is 39.8 Å². The topological polar surface area (TPSA) is 102 Å². The summed E-state index contributed by atoms with van der Waals surface area (Å²) in [4.78, 5) is 43.3. The summed E-state index contributed by atoms with van der Waals surface area (Å²) in [6, 6.07) is 7.75. The highest BCUT2D eigenvalue weighted by molar-refractivity contribution is 5.90. The summed E-state index contributed by atoms with van der Waals surface area (Å²) in [6.45, 7) is 1.31. The van der Waals surface area contributed by atoms with Crippen LogP contribution in [0.1, 0.15) is 0 Å². The number of ether oxygens (including phenoxy) is 1. The van der Waals surface area contributed by atoms with Crippen LogP contribution in [0.5, 0.6) is 0 Å². The zero-order chi connectivity index (χ0) is 24.7. The number of rotatable bonds is 5. The van der Waals surface area contributed by atoms with Crippen LogP contribution < -0.4 is 20.7 Å². The average molecular weight is 490 g/mol. The molecule has 1 atom stereocenters. The van der Waals surface area contributed by atoms with Crippen molar-refractivity contribution in [2.24, 2.45) is 0 Å². The number of nitrogens with one attached hydrogen (secondary N) is 1. The molecule has 0 aliphatic carbocycles. The molecule has 0 bridgehead atoms. The van der Waals surface area contributed by atoms with Crippen LogP contribution in [0.25, 0.3) is 11.0 Å². The first kappa shape index (κ1) is 22.7. The highest BCUT2D eigenvalue weighted by Gasteiger charge is 2.33. The number of carbonyl (C=O) groups excluding carboxylic acids is 2. The fraction of sp³-hybridized carbons (Fsp3) is 0.364. The maximum Gasteiger partial charge on any atom is 0.414 e. The number of benzene rings is 1. The van der Waals surface area contributed by atoms with Crippen LogP contribution in [-0.4, -0.2) is 65.1 Å². The number of hydrogen-bond acceptors (Lipinski definition) is 6. The predicted molar refractivity (Wildman–Crippen MR) is 119 cm³/mol. The molecular weight excluding hydrogens is 469 g/mol. The number of amides is 2. The van der Waals surface area contributed by atoms with E-state index in [0.717, 1.165) is 0 Å². The van der Waals surface area contributed by atoms with Crippen LogP contribution in [0.15, 0.2) is 41.3 Å². The van der Waals surface area contributed by atoms with E-state index in [2.05, 4.69) is 4.98 Å². The van der Waals surface area contributed by atoms with E-state index in [4.69, 9.17) is 4.74 Å². The van der Waals surface area contributed by atoms with Gasteiger partial charge in [0.25, 0.3) is 11.5 Å². The Labute approximate surface area is 196 Å². The molecule has 1 unspecified atom stereocenters. The molecule has 1 saturated heterocycles. The molecule has 2 aliphatic heterocycles. The summed E-state index contributed by atoms with van der Waals surface area (Å²) in [5.74, 6) is -2.02. The first-order valence-electron chi connectivity index (χ1n) is 11.0. The van der Waals surface area contributed by atoms with Crippen molar-refractivity contribution >= 4 is 34.4 Å². The molecule has 184 valence electrons. The van der Waals surface area contributed by atoms with Gasteiger partial charge < -0.3 is 15.0 Å². The second-order valence-electron chi connectivity index (χ2n) is 8.21. The van der Waals surface area contributed by atoms with Crippen molar-refractivity contribution in [3.8, 4) is 0 Å². The van der Waals surface area contributed by atoms with Crippen molar-refractivity contribution in [1.29, 1.82) is 0 Å². The van der Waals surface area contributed by atoms with Crippen molar-refractivity contribution in [3.05, 3.63) is 52.7 Å². The number of cyclic esters (lactones) is 1.